The number of hydrogen-bond acceptors (Lipinski definition) is 6. The van der Waals surface area contributed by atoms with E-state index in [1.807, 2.05) is 0 Å². The number of benzene rings is 2. The van der Waals surface area contributed by atoms with Crippen molar-refractivity contribution in [2.45, 2.75) is 18.5 Å². The van der Waals surface area contributed by atoms with Crippen LogP contribution in [0.25, 0.3) is 5.76 Å². The molecule has 1 amide bonds. The minimum Gasteiger partial charge on any atom is -0.508 e. The molecule has 2 aromatic rings. The summed E-state index contributed by atoms with van der Waals surface area (Å²) in [5, 5.41) is 21.3. The van der Waals surface area contributed by atoms with Gasteiger partial charge in [-0.1, -0.05) is 23.7 Å². The topological polar surface area (TPSA) is 112 Å². The highest BCUT2D eigenvalue weighted by molar-refractivity contribution is 7.91. The van der Waals surface area contributed by atoms with E-state index in [-0.39, 0.29) is 35.0 Å². The first-order valence-electron chi connectivity index (χ1n) is 9.23. The van der Waals surface area contributed by atoms with Gasteiger partial charge < -0.3 is 15.1 Å². The third kappa shape index (κ3) is 3.57. The van der Waals surface area contributed by atoms with Crippen LogP contribution in [0.1, 0.15) is 23.6 Å². The van der Waals surface area contributed by atoms with E-state index in [0.29, 0.717) is 16.1 Å². The Bertz CT molecular complexity index is 1170. The van der Waals surface area contributed by atoms with Crippen LogP contribution in [0.15, 0.2) is 54.1 Å². The van der Waals surface area contributed by atoms with Gasteiger partial charge in [-0.2, -0.15) is 0 Å². The van der Waals surface area contributed by atoms with Gasteiger partial charge in [0.1, 0.15) is 11.5 Å². The van der Waals surface area contributed by atoms with E-state index in [1.54, 1.807) is 24.3 Å². The van der Waals surface area contributed by atoms with Crippen LogP contribution in [0, 0.1) is 0 Å². The second-order valence-corrected chi connectivity index (χ2v) is 10.0. The van der Waals surface area contributed by atoms with E-state index >= 15 is 0 Å². The molecule has 2 aromatic carbocycles. The van der Waals surface area contributed by atoms with Crippen molar-refractivity contribution in [3.8, 4) is 5.75 Å². The van der Waals surface area contributed by atoms with E-state index in [1.165, 1.54) is 29.2 Å². The first kappa shape index (κ1) is 20.4. The number of hydrogen-bond donors (Lipinski definition) is 2. The predicted octanol–water partition coefficient (Wildman–Crippen LogP) is 2.65. The smallest absolute Gasteiger partial charge is 0.295 e. The summed E-state index contributed by atoms with van der Waals surface area (Å²) in [6, 6.07) is 10.4. The molecule has 2 N–H and O–H groups in total. The number of Topliss-reactive ketones (excluding diaryl/α,β-unsaturated/α-hetero) is 1. The molecule has 0 radical (unpaired) electrons. The van der Waals surface area contributed by atoms with Gasteiger partial charge in [0.2, 0.25) is 0 Å². The molecule has 2 saturated heterocycles. The summed E-state index contributed by atoms with van der Waals surface area (Å²) in [6.07, 6.45) is 0.200. The molecular weight excluding hydrogens is 430 g/mol. The summed E-state index contributed by atoms with van der Waals surface area (Å²) in [6.45, 7) is 0. The SMILES string of the molecule is O=C1C(=O)N([C@H]2CCS(=O)(=O)C2)[C@H](c2cccc(O)c2)C1=C(O)c1ccc(Cl)cc1. The zero-order valence-corrected chi connectivity index (χ0v) is 17.2. The number of aliphatic hydroxyl groups excluding tert-OH is 1. The first-order chi connectivity index (χ1) is 14.2. The van der Waals surface area contributed by atoms with Crippen molar-refractivity contribution in [1.29, 1.82) is 0 Å². The van der Waals surface area contributed by atoms with Crippen molar-refractivity contribution >= 4 is 38.9 Å². The summed E-state index contributed by atoms with van der Waals surface area (Å²) < 4.78 is 24.0. The van der Waals surface area contributed by atoms with Crippen molar-refractivity contribution in [2.75, 3.05) is 11.5 Å². The fourth-order valence-electron chi connectivity index (χ4n) is 4.01. The Hall–Kier alpha value is -2.84. The Morgan fingerprint density at radius 1 is 1.10 bits per heavy atom. The van der Waals surface area contributed by atoms with Crippen LogP contribution in [-0.2, 0) is 19.4 Å². The Kier molecular flexibility index (Phi) is 5.07. The number of halogens is 1. The van der Waals surface area contributed by atoms with Gasteiger partial charge in [0, 0.05) is 16.6 Å². The van der Waals surface area contributed by atoms with Crippen LogP contribution in [0.4, 0.5) is 0 Å². The van der Waals surface area contributed by atoms with Crippen molar-refractivity contribution in [1.82, 2.24) is 4.90 Å². The number of amides is 1. The van der Waals surface area contributed by atoms with Gasteiger partial charge in [-0.05, 0) is 48.4 Å². The number of rotatable bonds is 3. The Labute approximate surface area is 178 Å². The molecule has 0 bridgehead atoms. The van der Waals surface area contributed by atoms with Crippen LogP contribution in [-0.4, -0.2) is 52.8 Å². The summed E-state index contributed by atoms with van der Waals surface area (Å²) in [5.74, 6) is -2.58. The predicted molar refractivity (Wildman–Crippen MR) is 111 cm³/mol. The molecule has 0 spiro atoms. The number of aromatic hydroxyl groups is 1. The normalized spacial score (nSPS) is 25.0. The van der Waals surface area contributed by atoms with Crippen molar-refractivity contribution in [2.24, 2.45) is 0 Å². The molecule has 7 nitrogen and oxygen atoms in total. The number of ketones is 1. The molecule has 2 atom stereocenters. The number of carbonyl (C=O) groups is 2. The molecule has 156 valence electrons. The van der Waals surface area contributed by atoms with Crippen LogP contribution < -0.4 is 0 Å². The fraction of sp³-hybridized carbons (Fsp3) is 0.238. The molecule has 0 saturated carbocycles. The highest BCUT2D eigenvalue weighted by Crippen LogP contribution is 2.42. The molecule has 2 aliphatic heterocycles. The monoisotopic (exact) mass is 447 g/mol. The third-order valence-electron chi connectivity index (χ3n) is 5.39. The number of phenolic OH excluding ortho intramolecular Hbond substituents is 1. The van der Waals surface area contributed by atoms with Crippen molar-refractivity contribution in [3.05, 3.63) is 70.3 Å². The quantitative estimate of drug-likeness (QED) is 0.425. The molecular formula is C21H18ClNO6S. The highest BCUT2D eigenvalue weighted by Gasteiger charge is 2.51. The van der Waals surface area contributed by atoms with E-state index in [2.05, 4.69) is 0 Å². The lowest BCUT2D eigenvalue weighted by Gasteiger charge is -2.30. The van der Waals surface area contributed by atoms with Crippen LogP contribution in [0.2, 0.25) is 5.02 Å². The lowest BCUT2D eigenvalue weighted by molar-refractivity contribution is -0.141. The van der Waals surface area contributed by atoms with E-state index in [9.17, 15) is 28.2 Å². The average molecular weight is 448 g/mol. The Morgan fingerprint density at radius 3 is 2.40 bits per heavy atom. The zero-order chi connectivity index (χ0) is 21.6. The van der Waals surface area contributed by atoms with Crippen molar-refractivity contribution < 1.29 is 28.2 Å². The van der Waals surface area contributed by atoms with Crippen LogP contribution in [0.3, 0.4) is 0 Å². The Balaban J connectivity index is 1.90. The molecule has 2 aliphatic rings. The van der Waals surface area contributed by atoms with Gasteiger partial charge in [-0.15, -0.1) is 0 Å². The fourth-order valence-corrected chi connectivity index (χ4v) is 5.84. The third-order valence-corrected chi connectivity index (χ3v) is 7.39. The van der Waals surface area contributed by atoms with Crippen LogP contribution in [0.5, 0.6) is 5.75 Å². The molecule has 0 aliphatic carbocycles. The lowest BCUT2D eigenvalue weighted by atomic mass is 9.94. The first-order valence-corrected chi connectivity index (χ1v) is 11.4. The second kappa shape index (κ2) is 7.45. The second-order valence-electron chi connectivity index (χ2n) is 7.37. The highest BCUT2D eigenvalue weighted by atomic mass is 35.5. The lowest BCUT2D eigenvalue weighted by Crippen LogP contribution is -2.40. The minimum absolute atomic E-state index is 0.0788. The zero-order valence-electron chi connectivity index (χ0n) is 15.7. The molecule has 0 unspecified atom stereocenters. The van der Waals surface area contributed by atoms with E-state index in [0.717, 1.165) is 0 Å². The number of nitrogens with zero attached hydrogens (tertiary/aromatic N) is 1. The number of phenols is 1. The minimum atomic E-state index is -3.33. The summed E-state index contributed by atoms with van der Waals surface area (Å²) >= 11 is 5.89. The molecule has 2 heterocycles. The number of likely N-dealkylation sites (tertiary alicyclic amines) is 1. The number of sulfone groups is 1. The summed E-state index contributed by atoms with van der Waals surface area (Å²) in [4.78, 5) is 27.1. The van der Waals surface area contributed by atoms with Gasteiger partial charge in [0.15, 0.2) is 9.84 Å². The summed E-state index contributed by atoms with van der Waals surface area (Å²) in [7, 11) is -3.33. The Morgan fingerprint density at radius 2 is 1.80 bits per heavy atom. The van der Waals surface area contributed by atoms with Gasteiger partial charge in [0.05, 0.1) is 23.1 Å². The van der Waals surface area contributed by atoms with E-state index in [4.69, 9.17) is 11.6 Å². The molecule has 4 rings (SSSR count). The molecule has 30 heavy (non-hydrogen) atoms. The van der Waals surface area contributed by atoms with Gasteiger partial charge >= 0.3 is 0 Å². The van der Waals surface area contributed by atoms with Gasteiger partial charge in [0.25, 0.3) is 11.7 Å². The number of carbonyl (C=O) groups excluding carboxylic acids is 2. The maximum Gasteiger partial charge on any atom is 0.295 e. The van der Waals surface area contributed by atoms with Crippen LogP contribution >= 0.6 is 11.6 Å². The van der Waals surface area contributed by atoms with Gasteiger partial charge in [-0.3, -0.25) is 9.59 Å². The molecule has 2 fully saturated rings. The van der Waals surface area contributed by atoms with Crippen molar-refractivity contribution in [3.63, 3.8) is 0 Å². The number of aliphatic hydroxyl groups is 1. The molecule has 9 heteroatoms. The average Bonchev–Trinajstić information content (AvgIpc) is 3.18. The maximum absolute atomic E-state index is 12.9. The van der Waals surface area contributed by atoms with Gasteiger partial charge in [-0.25, -0.2) is 8.42 Å². The van der Waals surface area contributed by atoms with E-state index < -0.39 is 33.6 Å². The molecule has 0 aromatic heterocycles. The summed E-state index contributed by atoms with van der Waals surface area (Å²) in [5.41, 5.74) is 0.535. The largest absolute Gasteiger partial charge is 0.508 e. The maximum atomic E-state index is 12.9. The standard InChI is InChI=1S/C21H18ClNO6S/c22-14-6-4-12(5-7-14)19(25)17-18(13-2-1-3-16(24)10-13)23(21(27)20(17)26)15-8-9-30(28,29)11-15/h1-7,10,15,18,24-25H,8-9,11H2/t15-,18+/m0/s1.